The fraction of sp³-hybridized carbons (Fsp3) is 0.500. The van der Waals surface area contributed by atoms with Crippen molar-refractivity contribution in [2.24, 2.45) is 5.73 Å². The van der Waals surface area contributed by atoms with Crippen LogP contribution in [0.2, 0.25) is 0 Å². The van der Waals surface area contributed by atoms with Gasteiger partial charge in [-0.2, -0.15) is 0 Å². The van der Waals surface area contributed by atoms with Gasteiger partial charge in [0, 0.05) is 23.5 Å². The van der Waals surface area contributed by atoms with Crippen molar-refractivity contribution in [2.45, 2.75) is 44.2 Å². The van der Waals surface area contributed by atoms with Gasteiger partial charge in [0.05, 0.1) is 11.3 Å². The zero-order valence-electron chi connectivity index (χ0n) is 13.8. The molecule has 0 aliphatic carbocycles. The maximum absolute atomic E-state index is 12.2. The number of hydrogen-bond donors (Lipinski definition) is 3. The van der Waals surface area contributed by atoms with E-state index in [1.54, 1.807) is 6.07 Å². The quantitative estimate of drug-likeness (QED) is 0.621. The second-order valence-corrected chi connectivity index (χ2v) is 6.55. The molecule has 1 aromatic carbocycles. The molecule has 0 aliphatic rings. The molecule has 130 valence electrons. The summed E-state index contributed by atoms with van der Waals surface area (Å²) in [6.07, 6.45) is 0.734. The highest BCUT2D eigenvalue weighted by molar-refractivity contribution is 8.00. The number of nitrogens with two attached hydrogens (primary N) is 1. The van der Waals surface area contributed by atoms with E-state index in [4.69, 9.17) is 5.73 Å². The Morgan fingerprint density at radius 1 is 1.22 bits per heavy atom. The number of nitrogens with one attached hydrogen (secondary N) is 2. The Morgan fingerprint density at radius 3 is 2.48 bits per heavy atom. The average Bonchev–Trinajstić information content (AvgIpc) is 2.44. The SMILES string of the molecule is CC(N)CCNC(=O)c1ccccc1SCC(=O)NC(C)C.Cl. The number of benzene rings is 1. The molecule has 0 bridgehead atoms. The van der Waals surface area contributed by atoms with E-state index in [1.807, 2.05) is 39.0 Å². The molecule has 0 aliphatic heterocycles. The number of thioether (sulfide) groups is 1. The summed E-state index contributed by atoms with van der Waals surface area (Å²) < 4.78 is 0. The number of rotatable bonds is 8. The van der Waals surface area contributed by atoms with E-state index < -0.39 is 0 Å². The number of halogens is 1. The summed E-state index contributed by atoms with van der Waals surface area (Å²) in [5.74, 6) is 0.127. The highest BCUT2D eigenvalue weighted by Crippen LogP contribution is 2.22. The van der Waals surface area contributed by atoms with Gasteiger partial charge in [0.1, 0.15) is 0 Å². The first kappa shape index (κ1) is 21.8. The second-order valence-electron chi connectivity index (χ2n) is 5.53. The van der Waals surface area contributed by atoms with Crippen molar-refractivity contribution in [3.63, 3.8) is 0 Å². The summed E-state index contributed by atoms with van der Waals surface area (Å²) in [5, 5.41) is 5.69. The molecule has 2 amide bonds. The molecule has 7 heteroatoms. The molecule has 1 aromatic rings. The van der Waals surface area contributed by atoms with Gasteiger partial charge in [-0.25, -0.2) is 0 Å². The van der Waals surface area contributed by atoms with E-state index >= 15 is 0 Å². The Kier molecular flexibility index (Phi) is 10.7. The molecule has 4 N–H and O–H groups in total. The number of amides is 2. The molecule has 0 fully saturated rings. The Bertz CT molecular complexity index is 510. The van der Waals surface area contributed by atoms with Crippen LogP contribution in [0, 0.1) is 0 Å². The molecule has 0 spiro atoms. The van der Waals surface area contributed by atoms with Crippen LogP contribution in [0.15, 0.2) is 29.2 Å². The third kappa shape index (κ3) is 8.83. The monoisotopic (exact) mass is 359 g/mol. The first-order valence-electron chi connectivity index (χ1n) is 7.45. The summed E-state index contributed by atoms with van der Waals surface area (Å²) in [4.78, 5) is 24.7. The maximum Gasteiger partial charge on any atom is 0.252 e. The normalized spacial score (nSPS) is 11.5. The van der Waals surface area contributed by atoms with Gasteiger partial charge in [0.25, 0.3) is 5.91 Å². The van der Waals surface area contributed by atoms with E-state index in [-0.39, 0.29) is 36.3 Å². The van der Waals surface area contributed by atoms with Crippen LogP contribution in [0.4, 0.5) is 0 Å². The van der Waals surface area contributed by atoms with Crippen molar-refractivity contribution in [2.75, 3.05) is 12.3 Å². The van der Waals surface area contributed by atoms with Crippen molar-refractivity contribution in [3.8, 4) is 0 Å². The first-order chi connectivity index (χ1) is 10.4. The Labute approximate surface area is 148 Å². The third-order valence-corrected chi connectivity index (χ3v) is 3.90. The fourth-order valence-electron chi connectivity index (χ4n) is 1.80. The molecule has 0 saturated carbocycles. The van der Waals surface area contributed by atoms with E-state index in [2.05, 4.69) is 10.6 Å². The molecule has 1 unspecified atom stereocenters. The molecular weight excluding hydrogens is 334 g/mol. The van der Waals surface area contributed by atoms with Gasteiger partial charge in [-0.05, 0) is 39.3 Å². The second kappa shape index (κ2) is 11.3. The lowest BCUT2D eigenvalue weighted by atomic mass is 10.2. The lowest BCUT2D eigenvalue weighted by molar-refractivity contribution is -0.119. The number of carbonyl (C=O) groups is 2. The minimum atomic E-state index is -0.131. The minimum absolute atomic E-state index is 0. The zero-order valence-corrected chi connectivity index (χ0v) is 15.4. The van der Waals surface area contributed by atoms with Crippen LogP contribution in [0.1, 0.15) is 37.6 Å². The molecule has 0 radical (unpaired) electrons. The minimum Gasteiger partial charge on any atom is -0.353 e. The number of carbonyl (C=O) groups excluding carboxylic acids is 2. The Hall–Kier alpha value is -1.24. The summed E-state index contributed by atoms with van der Waals surface area (Å²) in [5.41, 5.74) is 6.26. The van der Waals surface area contributed by atoms with Gasteiger partial charge in [0.15, 0.2) is 0 Å². The fourth-order valence-corrected chi connectivity index (χ4v) is 2.66. The highest BCUT2D eigenvalue weighted by Gasteiger charge is 2.12. The van der Waals surface area contributed by atoms with Crippen LogP contribution in [0.5, 0.6) is 0 Å². The van der Waals surface area contributed by atoms with Crippen LogP contribution in [0.3, 0.4) is 0 Å². The summed E-state index contributed by atoms with van der Waals surface area (Å²) in [7, 11) is 0. The zero-order chi connectivity index (χ0) is 16.5. The summed E-state index contributed by atoms with van der Waals surface area (Å²) in [6, 6.07) is 7.48. The van der Waals surface area contributed by atoms with Crippen LogP contribution in [-0.2, 0) is 4.79 Å². The molecule has 23 heavy (non-hydrogen) atoms. The summed E-state index contributed by atoms with van der Waals surface area (Å²) >= 11 is 1.37. The lowest BCUT2D eigenvalue weighted by Gasteiger charge is -2.11. The van der Waals surface area contributed by atoms with Gasteiger partial charge in [-0.15, -0.1) is 24.2 Å². The van der Waals surface area contributed by atoms with Crippen LogP contribution in [-0.4, -0.2) is 36.2 Å². The van der Waals surface area contributed by atoms with Crippen molar-refractivity contribution in [1.29, 1.82) is 0 Å². The van der Waals surface area contributed by atoms with Gasteiger partial charge in [0.2, 0.25) is 5.91 Å². The van der Waals surface area contributed by atoms with E-state index in [1.165, 1.54) is 11.8 Å². The predicted molar refractivity (Wildman–Crippen MR) is 98.3 cm³/mol. The van der Waals surface area contributed by atoms with Crippen LogP contribution < -0.4 is 16.4 Å². The van der Waals surface area contributed by atoms with Gasteiger partial charge < -0.3 is 16.4 Å². The van der Waals surface area contributed by atoms with E-state index in [0.717, 1.165) is 11.3 Å². The molecular formula is C16H26ClN3O2S. The molecule has 1 rings (SSSR count). The highest BCUT2D eigenvalue weighted by atomic mass is 35.5. The van der Waals surface area contributed by atoms with Crippen molar-refractivity contribution in [3.05, 3.63) is 29.8 Å². The first-order valence-corrected chi connectivity index (χ1v) is 8.43. The summed E-state index contributed by atoms with van der Waals surface area (Å²) in [6.45, 7) is 6.29. The average molecular weight is 360 g/mol. The van der Waals surface area contributed by atoms with Crippen molar-refractivity contribution in [1.82, 2.24) is 10.6 Å². The standard InChI is InChI=1S/C16H25N3O2S.ClH/c1-11(2)19-15(20)10-22-14-7-5-4-6-13(14)16(21)18-9-8-12(3)17;/h4-7,11-12H,8-10,17H2,1-3H3,(H,18,21)(H,19,20);1H. The van der Waals surface area contributed by atoms with Gasteiger partial charge in [-0.1, -0.05) is 12.1 Å². The maximum atomic E-state index is 12.2. The predicted octanol–water partition coefficient (Wildman–Crippen LogP) is 2.19. The number of hydrogen-bond acceptors (Lipinski definition) is 4. The lowest BCUT2D eigenvalue weighted by Crippen LogP contribution is -2.31. The molecule has 0 aromatic heterocycles. The smallest absolute Gasteiger partial charge is 0.252 e. The van der Waals surface area contributed by atoms with E-state index in [9.17, 15) is 9.59 Å². The largest absolute Gasteiger partial charge is 0.353 e. The molecule has 1 atom stereocenters. The van der Waals surface area contributed by atoms with Crippen LogP contribution >= 0.6 is 24.2 Å². The van der Waals surface area contributed by atoms with E-state index in [0.29, 0.717) is 17.9 Å². The van der Waals surface area contributed by atoms with Crippen molar-refractivity contribution >= 4 is 36.0 Å². The molecule has 5 nitrogen and oxygen atoms in total. The topological polar surface area (TPSA) is 84.2 Å². The Morgan fingerprint density at radius 2 is 1.87 bits per heavy atom. The van der Waals surface area contributed by atoms with Gasteiger partial charge >= 0.3 is 0 Å². The molecule has 0 heterocycles. The third-order valence-electron chi connectivity index (χ3n) is 2.83. The van der Waals surface area contributed by atoms with Gasteiger partial charge in [-0.3, -0.25) is 9.59 Å². The van der Waals surface area contributed by atoms with Crippen molar-refractivity contribution < 1.29 is 9.59 Å². The molecule has 0 saturated heterocycles. The Balaban J connectivity index is 0.00000484. The van der Waals surface area contributed by atoms with Crippen LogP contribution in [0.25, 0.3) is 0 Å².